The van der Waals surface area contributed by atoms with E-state index >= 15 is 0 Å². The van der Waals surface area contributed by atoms with Crippen molar-refractivity contribution < 1.29 is 29.0 Å². The number of imide groups is 1. The summed E-state index contributed by atoms with van der Waals surface area (Å²) in [6.45, 7) is 6.99. The van der Waals surface area contributed by atoms with Gasteiger partial charge < -0.3 is 25.0 Å². The van der Waals surface area contributed by atoms with Gasteiger partial charge in [-0.3, -0.25) is 9.59 Å². The third-order valence-electron chi connectivity index (χ3n) is 7.34. The number of methoxy groups -OCH3 is 1. The Hall–Kier alpha value is -3.56. The second-order valence-electron chi connectivity index (χ2n) is 9.21. The largest absolute Gasteiger partial charge is 0.497 e. The van der Waals surface area contributed by atoms with Gasteiger partial charge in [-0.1, -0.05) is 20.3 Å². The maximum atomic E-state index is 13.7. The number of rotatable bonds is 7. The number of carboxylic acid groups (broad SMARTS) is 1. The second-order valence-corrected chi connectivity index (χ2v) is 9.21. The zero-order valence-corrected chi connectivity index (χ0v) is 20.0. The lowest BCUT2D eigenvalue weighted by atomic mass is 9.87. The minimum absolute atomic E-state index is 0.312. The zero-order valence-electron chi connectivity index (χ0n) is 20.0. The highest BCUT2D eigenvalue weighted by atomic mass is 16.5. The molecule has 0 spiro atoms. The SMILES string of the molecule is CCC(C)[C@H](NC(=O)[C@H](C)N1C(=O)N2CCc3c([nH]c4ccc(OC)cc34)[C@@]2(C)C1=O)C(=O)O. The van der Waals surface area contributed by atoms with E-state index in [-0.39, 0.29) is 5.92 Å². The molecule has 2 aliphatic rings. The normalized spacial score (nSPS) is 22.3. The number of aromatic nitrogens is 1. The molecule has 4 rings (SSSR count). The molecular formula is C24H30N4O6. The first-order valence-corrected chi connectivity index (χ1v) is 11.4. The first kappa shape index (κ1) is 23.6. The average Bonchev–Trinajstić information content (AvgIpc) is 3.29. The van der Waals surface area contributed by atoms with Crippen LogP contribution in [0.4, 0.5) is 4.79 Å². The Morgan fingerprint density at radius 2 is 2.00 bits per heavy atom. The van der Waals surface area contributed by atoms with Gasteiger partial charge in [0, 0.05) is 17.4 Å². The molecule has 1 unspecified atom stereocenters. The molecule has 3 N–H and O–H groups in total. The van der Waals surface area contributed by atoms with E-state index in [0.717, 1.165) is 21.4 Å². The van der Waals surface area contributed by atoms with Gasteiger partial charge in [0.1, 0.15) is 17.8 Å². The van der Waals surface area contributed by atoms with Crippen molar-refractivity contribution >= 4 is 34.7 Å². The zero-order chi connectivity index (χ0) is 24.9. The number of carboxylic acids is 1. The fourth-order valence-electron chi connectivity index (χ4n) is 4.99. The molecule has 2 aromatic rings. The van der Waals surface area contributed by atoms with Crippen molar-refractivity contribution in [1.29, 1.82) is 0 Å². The summed E-state index contributed by atoms with van der Waals surface area (Å²) in [7, 11) is 1.59. The Morgan fingerprint density at radius 1 is 1.29 bits per heavy atom. The number of fused-ring (bicyclic) bond motifs is 5. The summed E-state index contributed by atoms with van der Waals surface area (Å²) in [5.41, 5.74) is 1.10. The van der Waals surface area contributed by atoms with Gasteiger partial charge in [-0.05, 0) is 49.9 Å². The van der Waals surface area contributed by atoms with Crippen LogP contribution in [0.1, 0.15) is 45.4 Å². The Balaban J connectivity index is 1.68. The Kier molecular flexibility index (Phi) is 5.79. The van der Waals surface area contributed by atoms with Gasteiger partial charge in [-0.15, -0.1) is 0 Å². The number of hydrogen-bond donors (Lipinski definition) is 3. The van der Waals surface area contributed by atoms with E-state index < -0.39 is 41.4 Å². The monoisotopic (exact) mass is 470 g/mol. The third kappa shape index (κ3) is 3.31. The Bertz CT molecular complexity index is 1190. The van der Waals surface area contributed by atoms with Crippen molar-refractivity contribution in [3.8, 4) is 5.75 Å². The van der Waals surface area contributed by atoms with Crippen LogP contribution >= 0.6 is 0 Å². The average molecular weight is 471 g/mol. The number of carbonyl (C=O) groups excluding carboxylic acids is 3. The van der Waals surface area contributed by atoms with Gasteiger partial charge in [0.2, 0.25) is 5.91 Å². The summed E-state index contributed by atoms with van der Waals surface area (Å²) in [6, 6.07) is 2.76. The summed E-state index contributed by atoms with van der Waals surface area (Å²) in [5, 5.41) is 13.0. The van der Waals surface area contributed by atoms with Gasteiger partial charge in [-0.2, -0.15) is 0 Å². The summed E-state index contributed by atoms with van der Waals surface area (Å²) in [4.78, 5) is 57.4. The number of benzene rings is 1. The smallest absolute Gasteiger partial charge is 0.328 e. The first-order valence-electron chi connectivity index (χ1n) is 11.4. The maximum Gasteiger partial charge on any atom is 0.328 e. The van der Waals surface area contributed by atoms with Crippen LogP contribution in [0.3, 0.4) is 0 Å². The van der Waals surface area contributed by atoms with Gasteiger partial charge in [0.15, 0.2) is 5.54 Å². The molecular weight excluding hydrogens is 440 g/mol. The topological polar surface area (TPSA) is 132 Å². The van der Waals surface area contributed by atoms with Crippen LogP contribution in [-0.4, -0.2) is 69.4 Å². The van der Waals surface area contributed by atoms with E-state index in [2.05, 4.69) is 10.3 Å². The highest BCUT2D eigenvalue weighted by Crippen LogP contribution is 2.45. The molecule has 1 saturated heterocycles. The number of amides is 4. The highest BCUT2D eigenvalue weighted by Gasteiger charge is 2.60. The molecule has 4 atom stereocenters. The molecule has 10 nitrogen and oxygen atoms in total. The molecule has 10 heteroatoms. The third-order valence-corrected chi connectivity index (χ3v) is 7.34. The summed E-state index contributed by atoms with van der Waals surface area (Å²) < 4.78 is 5.34. The number of nitrogens with one attached hydrogen (secondary N) is 2. The summed E-state index contributed by atoms with van der Waals surface area (Å²) in [5.74, 6) is -1.98. The molecule has 182 valence electrons. The quantitative estimate of drug-likeness (QED) is 0.532. The van der Waals surface area contributed by atoms with Crippen molar-refractivity contribution in [3.05, 3.63) is 29.5 Å². The van der Waals surface area contributed by atoms with E-state index in [1.807, 2.05) is 25.1 Å². The minimum Gasteiger partial charge on any atom is -0.497 e. The van der Waals surface area contributed by atoms with Crippen LogP contribution in [0.15, 0.2) is 18.2 Å². The van der Waals surface area contributed by atoms with E-state index in [0.29, 0.717) is 30.8 Å². The van der Waals surface area contributed by atoms with Gasteiger partial charge >= 0.3 is 12.0 Å². The van der Waals surface area contributed by atoms with Crippen molar-refractivity contribution in [2.75, 3.05) is 13.7 Å². The van der Waals surface area contributed by atoms with Gasteiger partial charge in [-0.25, -0.2) is 14.5 Å². The van der Waals surface area contributed by atoms with Crippen LogP contribution in [-0.2, 0) is 26.3 Å². The van der Waals surface area contributed by atoms with Crippen LogP contribution in [0.5, 0.6) is 5.75 Å². The predicted molar refractivity (Wildman–Crippen MR) is 123 cm³/mol. The van der Waals surface area contributed by atoms with Crippen molar-refractivity contribution in [2.45, 2.75) is 58.2 Å². The molecule has 2 aliphatic heterocycles. The van der Waals surface area contributed by atoms with E-state index in [1.165, 1.54) is 11.8 Å². The van der Waals surface area contributed by atoms with Crippen LogP contribution < -0.4 is 10.1 Å². The van der Waals surface area contributed by atoms with Crippen LogP contribution in [0.25, 0.3) is 10.9 Å². The molecule has 4 amide bonds. The first-order chi connectivity index (χ1) is 16.1. The van der Waals surface area contributed by atoms with Crippen LogP contribution in [0.2, 0.25) is 0 Å². The Morgan fingerprint density at radius 3 is 2.62 bits per heavy atom. The molecule has 0 bridgehead atoms. The lowest BCUT2D eigenvalue weighted by Gasteiger charge is -2.36. The number of nitrogens with zero attached hydrogens (tertiary/aromatic N) is 2. The van der Waals surface area contributed by atoms with E-state index in [1.54, 1.807) is 21.0 Å². The molecule has 1 aromatic heterocycles. The number of carbonyl (C=O) groups is 4. The Labute approximate surface area is 197 Å². The number of aromatic amines is 1. The molecule has 1 fully saturated rings. The fourth-order valence-corrected chi connectivity index (χ4v) is 4.99. The number of aliphatic carboxylic acids is 1. The summed E-state index contributed by atoms with van der Waals surface area (Å²) in [6.07, 6.45) is 1.09. The van der Waals surface area contributed by atoms with E-state index in [4.69, 9.17) is 4.74 Å². The lowest BCUT2D eigenvalue weighted by Crippen LogP contribution is -2.54. The van der Waals surface area contributed by atoms with Crippen molar-refractivity contribution in [2.24, 2.45) is 5.92 Å². The van der Waals surface area contributed by atoms with Crippen molar-refractivity contribution in [3.63, 3.8) is 0 Å². The fraction of sp³-hybridized carbons (Fsp3) is 0.500. The standard InChI is InChI=1S/C24H30N4O6/c1-6-12(2)18(21(30)31)26-20(29)13(3)28-22(32)24(4)19-15(9-10-27(24)23(28)33)16-11-14(34-5)7-8-17(16)25-19/h7-8,11-13,18,25H,6,9-10H2,1-5H3,(H,26,29)(H,30,31)/t12?,13-,18-,24-/m0/s1. The van der Waals surface area contributed by atoms with Gasteiger partial charge in [0.25, 0.3) is 5.91 Å². The number of hydrogen-bond acceptors (Lipinski definition) is 5. The lowest BCUT2D eigenvalue weighted by molar-refractivity contribution is -0.145. The number of ether oxygens (including phenoxy) is 1. The minimum atomic E-state index is -1.30. The van der Waals surface area contributed by atoms with Crippen molar-refractivity contribution in [1.82, 2.24) is 20.1 Å². The molecule has 0 radical (unpaired) electrons. The second kappa shape index (κ2) is 8.34. The van der Waals surface area contributed by atoms with Crippen LogP contribution in [0, 0.1) is 5.92 Å². The predicted octanol–water partition coefficient (Wildman–Crippen LogP) is 2.22. The maximum absolute atomic E-state index is 13.7. The van der Waals surface area contributed by atoms with E-state index in [9.17, 15) is 24.3 Å². The highest BCUT2D eigenvalue weighted by molar-refractivity contribution is 6.11. The summed E-state index contributed by atoms with van der Waals surface area (Å²) >= 11 is 0. The molecule has 34 heavy (non-hydrogen) atoms. The molecule has 0 saturated carbocycles. The molecule has 1 aromatic carbocycles. The number of H-pyrrole nitrogens is 1. The molecule has 0 aliphatic carbocycles. The molecule has 3 heterocycles. The number of urea groups is 1. The van der Waals surface area contributed by atoms with Gasteiger partial charge in [0.05, 0.1) is 12.8 Å².